The highest BCUT2D eigenvalue weighted by Crippen LogP contribution is 2.36. The van der Waals surface area contributed by atoms with E-state index in [0.717, 1.165) is 13.3 Å². The number of carbonyl (C=O) groups is 3. The Labute approximate surface area is 122 Å². The molecule has 1 aliphatic heterocycles. The number of hydrogen-bond acceptors (Lipinski definition) is 5. The van der Waals surface area contributed by atoms with Crippen LogP contribution in [0.2, 0.25) is 0 Å². The third kappa shape index (κ3) is 2.59. The molecule has 0 amide bonds. The molecule has 8 heteroatoms. The van der Waals surface area contributed by atoms with Gasteiger partial charge >= 0.3 is 11.9 Å². The van der Waals surface area contributed by atoms with Crippen molar-refractivity contribution in [2.45, 2.75) is 28.8 Å². The minimum absolute atomic E-state index is 0.0320. The van der Waals surface area contributed by atoms with E-state index in [2.05, 4.69) is 5.32 Å². The lowest BCUT2D eigenvalue weighted by Crippen LogP contribution is -2.63. The number of halogens is 1. The van der Waals surface area contributed by atoms with E-state index in [1.165, 1.54) is 28.7 Å². The van der Waals surface area contributed by atoms with Crippen LogP contribution in [0.5, 0.6) is 0 Å². The Morgan fingerprint density at radius 3 is 2.26 bits per heavy atom. The maximum absolute atomic E-state index is 12.3. The van der Waals surface area contributed by atoms with Crippen molar-refractivity contribution in [2.24, 2.45) is 0 Å². The van der Waals surface area contributed by atoms with Crippen LogP contribution in [0.3, 0.4) is 0 Å². The van der Waals surface area contributed by atoms with Crippen molar-refractivity contribution in [3.05, 3.63) is 11.8 Å². The number of carboxylic acid groups (broad SMARTS) is 2. The molecule has 7 nitrogen and oxygen atoms in total. The van der Waals surface area contributed by atoms with Crippen LogP contribution in [-0.2, 0) is 14.4 Å². The summed E-state index contributed by atoms with van der Waals surface area (Å²) in [7, 11) is 0. The van der Waals surface area contributed by atoms with Gasteiger partial charge in [0.05, 0.1) is 5.70 Å². The monoisotopic (exact) mass is 383 g/mol. The van der Waals surface area contributed by atoms with Crippen LogP contribution < -0.4 is 5.32 Å². The summed E-state index contributed by atoms with van der Waals surface area (Å²) in [6.07, 6.45) is 2.91. The number of allylic oxidation sites excluding steroid dienone is 2. The number of hydrogen-bond donors (Lipinski definition) is 4. The highest BCUT2D eigenvalue weighted by molar-refractivity contribution is 14.1. The Balaban J connectivity index is 3.27. The number of ketones is 1. The number of rotatable bonds is 5. The van der Waals surface area contributed by atoms with Crippen LogP contribution >= 0.6 is 22.6 Å². The van der Waals surface area contributed by atoms with Gasteiger partial charge in [0.15, 0.2) is 5.60 Å². The lowest BCUT2D eigenvalue weighted by Gasteiger charge is -2.34. The number of aliphatic carboxylic acids is 2. The van der Waals surface area contributed by atoms with Crippen LogP contribution in [0.25, 0.3) is 0 Å². The second-order valence-electron chi connectivity index (χ2n) is 4.36. The topological polar surface area (TPSA) is 124 Å². The number of nitrogens with one attached hydrogen (secondary N) is 1. The molecule has 0 fully saturated rings. The van der Waals surface area contributed by atoms with E-state index in [0.29, 0.717) is 13.0 Å². The van der Waals surface area contributed by atoms with Gasteiger partial charge in [0.2, 0.25) is 9.20 Å². The third-order valence-corrected chi connectivity index (χ3v) is 4.99. The molecule has 0 bridgehead atoms. The Hall–Kier alpha value is -1.16. The van der Waals surface area contributed by atoms with Crippen molar-refractivity contribution >= 4 is 40.3 Å². The molecule has 0 saturated carbocycles. The zero-order chi connectivity index (χ0) is 14.8. The first-order chi connectivity index (χ1) is 8.65. The molecule has 1 rings (SSSR count). The van der Waals surface area contributed by atoms with Crippen LogP contribution in [-0.4, -0.2) is 48.6 Å². The minimum atomic E-state index is -2.73. The molecule has 0 aromatic rings. The number of alkyl halides is 1. The second-order valence-corrected chi connectivity index (χ2v) is 5.98. The molecule has 0 radical (unpaired) electrons. The van der Waals surface area contributed by atoms with E-state index >= 15 is 0 Å². The first kappa shape index (κ1) is 15.9. The van der Waals surface area contributed by atoms with E-state index in [-0.39, 0.29) is 5.70 Å². The summed E-state index contributed by atoms with van der Waals surface area (Å²) in [5, 5.41) is 30.8. The maximum atomic E-state index is 12.3. The molecule has 106 valence electrons. The lowest BCUT2D eigenvalue weighted by molar-refractivity contribution is -0.169. The summed E-state index contributed by atoms with van der Waals surface area (Å²) in [6.45, 7) is 1.30. The second kappa shape index (κ2) is 5.45. The zero-order valence-electron chi connectivity index (χ0n) is 10.1. The van der Waals surface area contributed by atoms with E-state index in [1.54, 1.807) is 0 Å². The Kier molecular flexibility index (Phi) is 4.56. The summed E-state index contributed by atoms with van der Waals surface area (Å²) in [5.41, 5.74) is -2.69. The van der Waals surface area contributed by atoms with Crippen molar-refractivity contribution in [2.75, 3.05) is 6.54 Å². The van der Waals surface area contributed by atoms with Gasteiger partial charge in [0, 0.05) is 6.54 Å². The van der Waals surface area contributed by atoms with Gasteiger partial charge in [0.1, 0.15) is 0 Å². The maximum Gasteiger partial charge on any atom is 0.337 e. The van der Waals surface area contributed by atoms with Gasteiger partial charge in [0.25, 0.3) is 0 Å². The van der Waals surface area contributed by atoms with Crippen molar-refractivity contribution in [3.8, 4) is 0 Å². The smallest absolute Gasteiger partial charge is 0.337 e. The van der Waals surface area contributed by atoms with Crippen LogP contribution in [0.4, 0.5) is 0 Å². The van der Waals surface area contributed by atoms with E-state index in [1.807, 2.05) is 0 Å². The van der Waals surface area contributed by atoms with Crippen LogP contribution in [0, 0.1) is 0 Å². The predicted molar refractivity (Wildman–Crippen MR) is 73.0 cm³/mol. The van der Waals surface area contributed by atoms with Gasteiger partial charge in [-0.25, -0.2) is 4.79 Å². The van der Waals surface area contributed by atoms with Crippen molar-refractivity contribution < 1.29 is 29.7 Å². The van der Waals surface area contributed by atoms with Gasteiger partial charge in [-0.15, -0.1) is 0 Å². The molecule has 1 heterocycles. The standard InChI is InChI=1S/C11H14INO6/c1-10(19,8(15)16)11(12,9(17)18)7(14)6-4-2-3-5-13-6/h4,13,19H,2-3,5H2,1H3,(H,15,16)(H,17,18). The number of aliphatic hydroxyl groups is 1. The van der Waals surface area contributed by atoms with Gasteiger partial charge < -0.3 is 20.6 Å². The molecule has 1 aliphatic rings. The fraction of sp³-hybridized carbons (Fsp3) is 0.545. The first-order valence-electron chi connectivity index (χ1n) is 5.52. The molecule has 2 unspecified atom stereocenters. The molecule has 19 heavy (non-hydrogen) atoms. The van der Waals surface area contributed by atoms with Crippen LogP contribution in [0.15, 0.2) is 11.8 Å². The number of carbonyl (C=O) groups excluding carboxylic acids is 1. The quantitative estimate of drug-likeness (QED) is 0.297. The van der Waals surface area contributed by atoms with Crippen LogP contribution in [0.1, 0.15) is 19.8 Å². The molecule has 0 aromatic carbocycles. The Bertz CT molecular complexity index is 458. The fourth-order valence-electron chi connectivity index (χ4n) is 1.68. The average Bonchev–Trinajstić information content (AvgIpc) is 2.37. The van der Waals surface area contributed by atoms with Crippen molar-refractivity contribution in [1.29, 1.82) is 0 Å². The summed E-state index contributed by atoms with van der Waals surface area (Å²) < 4.78 is -2.49. The summed E-state index contributed by atoms with van der Waals surface area (Å²) in [5.74, 6) is -4.42. The Morgan fingerprint density at radius 2 is 1.89 bits per heavy atom. The molecular formula is C11H14INO6. The van der Waals surface area contributed by atoms with E-state index in [4.69, 9.17) is 5.11 Å². The van der Waals surface area contributed by atoms with Gasteiger partial charge in [-0.3, -0.25) is 9.59 Å². The van der Waals surface area contributed by atoms with E-state index < -0.39 is 26.7 Å². The largest absolute Gasteiger partial charge is 0.480 e. The van der Waals surface area contributed by atoms with Gasteiger partial charge in [-0.2, -0.15) is 0 Å². The molecule has 0 spiro atoms. The van der Waals surface area contributed by atoms with Crippen molar-refractivity contribution in [1.82, 2.24) is 5.32 Å². The van der Waals surface area contributed by atoms with Gasteiger partial charge in [-0.05, 0) is 19.8 Å². The van der Waals surface area contributed by atoms with Crippen molar-refractivity contribution in [3.63, 3.8) is 0 Å². The summed E-state index contributed by atoms with van der Waals surface area (Å²) in [4.78, 5) is 34.7. The molecule has 4 N–H and O–H groups in total. The molecule has 0 aromatic heterocycles. The number of Topliss-reactive ketones (excluding diaryl/α,β-unsaturated/α-hetero) is 1. The fourth-order valence-corrected chi connectivity index (χ4v) is 2.20. The first-order valence-corrected chi connectivity index (χ1v) is 6.60. The van der Waals surface area contributed by atoms with E-state index in [9.17, 15) is 24.6 Å². The summed E-state index contributed by atoms with van der Waals surface area (Å²) in [6, 6.07) is 0. The average molecular weight is 383 g/mol. The lowest BCUT2D eigenvalue weighted by atomic mass is 9.83. The third-order valence-electron chi connectivity index (χ3n) is 2.98. The highest BCUT2D eigenvalue weighted by Gasteiger charge is 2.62. The highest BCUT2D eigenvalue weighted by atomic mass is 127. The molecule has 0 saturated heterocycles. The predicted octanol–water partition coefficient (Wildman–Crippen LogP) is -0.0832. The SMILES string of the molecule is CC(O)(C(=O)O)C(I)(C(=O)O)C(=O)C1=CCCCN1. The normalized spacial score (nSPS) is 21.3. The van der Waals surface area contributed by atoms with Gasteiger partial charge in [-0.1, -0.05) is 28.7 Å². The molecular weight excluding hydrogens is 369 g/mol. The molecule has 2 atom stereocenters. The minimum Gasteiger partial charge on any atom is -0.480 e. The summed E-state index contributed by atoms with van der Waals surface area (Å²) >= 11 is 1.19. The zero-order valence-corrected chi connectivity index (χ0v) is 12.3. The number of carboxylic acids is 2. The Morgan fingerprint density at radius 1 is 1.32 bits per heavy atom. The molecule has 0 aliphatic carbocycles.